The molecule has 3 rings (SSSR count). The fourth-order valence-electron chi connectivity index (χ4n) is 2.03. The van der Waals surface area contributed by atoms with Crippen molar-refractivity contribution in [3.63, 3.8) is 0 Å². The van der Waals surface area contributed by atoms with E-state index in [0.29, 0.717) is 23.4 Å². The Hall–Kier alpha value is -1.69. The minimum absolute atomic E-state index is 0.0184. The first-order valence-electron chi connectivity index (χ1n) is 6.55. The molecule has 0 unspecified atom stereocenters. The average Bonchev–Trinajstić information content (AvgIpc) is 3.24. The van der Waals surface area contributed by atoms with Crippen molar-refractivity contribution < 1.29 is 4.79 Å². The van der Waals surface area contributed by atoms with Gasteiger partial charge in [-0.25, -0.2) is 4.98 Å². The molecule has 6 heteroatoms. The molecule has 0 atom stereocenters. The highest BCUT2D eigenvalue weighted by atomic mass is 79.9. The fraction of sp³-hybridized carbons (Fsp3) is 0.357. The van der Waals surface area contributed by atoms with Crippen LogP contribution in [-0.2, 0) is 11.3 Å². The van der Waals surface area contributed by atoms with Crippen LogP contribution in [0.3, 0.4) is 0 Å². The maximum Gasteiger partial charge on any atom is 0.261 e. The van der Waals surface area contributed by atoms with Crippen molar-refractivity contribution in [2.24, 2.45) is 5.92 Å². The smallest absolute Gasteiger partial charge is 0.261 e. The van der Waals surface area contributed by atoms with Gasteiger partial charge >= 0.3 is 0 Å². The van der Waals surface area contributed by atoms with Gasteiger partial charge in [0.05, 0.1) is 17.2 Å². The van der Waals surface area contributed by atoms with Crippen LogP contribution in [0.1, 0.15) is 12.8 Å². The molecule has 1 aromatic heterocycles. The van der Waals surface area contributed by atoms with Gasteiger partial charge in [0.25, 0.3) is 5.56 Å². The Morgan fingerprint density at radius 1 is 1.45 bits per heavy atom. The van der Waals surface area contributed by atoms with Gasteiger partial charge in [0.1, 0.15) is 6.54 Å². The highest BCUT2D eigenvalue weighted by Crippen LogP contribution is 2.27. The van der Waals surface area contributed by atoms with E-state index in [1.165, 1.54) is 23.7 Å². The van der Waals surface area contributed by atoms with Gasteiger partial charge in [-0.3, -0.25) is 14.2 Å². The summed E-state index contributed by atoms with van der Waals surface area (Å²) in [4.78, 5) is 28.3. The Balaban J connectivity index is 1.80. The first kappa shape index (κ1) is 13.3. The van der Waals surface area contributed by atoms with Crippen molar-refractivity contribution in [1.29, 1.82) is 0 Å². The third-order valence-corrected chi connectivity index (χ3v) is 3.88. The van der Waals surface area contributed by atoms with E-state index in [-0.39, 0.29) is 18.0 Å². The predicted molar refractivity (Wildman–Crippen MR) is 79.4 cm³/mol. The normalized spacial score (nSPS) is 14.4. The molecule has 1 aliphatic rings. The summed E-state index contributed by atoms with van der Waals surface area (Å²) >= 11 is 3.34. The zero-order valence-corrected chi connectivity index (χ0v) is 12.4. The Bertz CT molecular complexity index is 722. The van der Waals surface area contributed by atoms with E-state index < -0.39 is 0 Å². The van der Waals surface area contributed by atoms with E-state index in [4.69, 9.17) is 0 Å². The lowest BCUT2D eigenvalue weighted by atomic mass is 10.2. The monoisotopic (exact) mass is 335 g/mol. The molecule has 5 nitrogen and oxygen atoms in total. The molecular formula is C14H14BrN3O2. The summed E-state index contributed by atoms with van der Waals surface area (Å²) in [5.74, 6) is 0.486. The molecule has 0 saturated heterocycles. The molecule has 0 bridgehead atoms. The summed E-state index contributed by atoms with van der Waals surface area (Å²) in [6, 6.07) is 5.30. The molecule has 0 spiro atoms. The number of carbonyl (C=O) groups is 1. The molecule has 1 amide bonds. The van der Waals surface area contributed by atoms with Gasteiger partial charge in [0, 0.05) is 11.0 Å². The van der Waals surface area contributed by atoms with Gasteiger partial charge in [-0.2, -0.15) is 0 Å². The molecular weight excluding hydrogens is 322 g/mol. The Morgan fingerprint density at radius 2 is 2.25 bits per heavy atom. The second kappa shape index (κ2) is 5.36. The van der Waals surface area contributed by atoms with Crippen LogP contribution in [0.25, 0.3) is 10.9 Å². The van der Waals surface area contributed by atoms with E-state index in [1.807, 2.05) is 0 Å². The molecule has 2 aromatic rings. The van der Waals surface area contributed by atoms with Crippen molar-refractivity contribution in [1.82, 2.24) is 14.9 Å². The van der Waals surface area contributed by atoms with Gasteiger partial charge in [-0.1, -0.05) is 15.9 Å². The van der Waals surface area contributed by atoms with Crippen LogP contribution in [-0.4, -0.2) is 22.0 Å². The fourth-order valence-corrected chi connectivity index (χ4v) is 2.38. The van der Waals surface area contributed by atoms with Crippen LogP contribution in [0.2, 0.25) is 0 Å². The summed E-state index contributed by atoms with van der Waals surface area (Å²) in [7, 11) is 0. The topological polar surface area (TPSA) is 64.0 Å². The van der Waals surface area contributed by atoms with Crippen molar-refractivity contribution in [2.45, 2.75) is 19.4 Å². The van der Waals surface area contributed by atoms with Crippen molar-refractivity contribution in [3.05, 3.63) is 39.4 Å². The van der Waals surface area contributed by atoms with E-state index >= 15 is 0 Å². The summed E-state index contributed by atoms with van der Waals surface area (Å²) in [6.45, 7) is 0.728. The molecule has 0 aliphatic heterocycles. The number of aromatic nitrogens is 2. The van der Waals surface area contributed by atoms with Gasteiger partial charge < -0.3 is 5.32 Å². The quantitative estimate of drug-likeness (QED) is 0.924. The SMILES string of the molecule is O=C(Cn1cnc2cc(Br)ccc2c1=O)NCC1CC1. The van der Waals surface area contributed by atoms with Gasteiger partial charge in [0.2, 0.25) is 5.91 Å². The lowest BCUT2D eigenvalue weighted by Crippen LogP contribution is -2.33. The van der Waals surface area contributed by atoms with E-state index in [2.05, 4.69) is 26.2 Å². The number of nitrogens with one attached hydrogen (secondary N) is 1. The minimum atomic E-state index is -0.191. The number of hydrogen-bond donors (Lipinski definition) is 1. The number of halogens is 1. The maximum atomic E-state index is 12.3. The number of fused-ring (bicyclic) bond motifs is 1. The van der Waals surface area contributed by atoms with Gasteiger partial charge in [-0.05, 0) is 37.0 Å². The van der Waals surface area contributed by atoms with Crippen LogP contribution in [0.5, 0.6) is 0 Å². The molecule has 104 valence electrons. The van der Waals surface area contributed by atoms with Crippen molar-refractivity contribution in [2.75, 3.05) is 6.54 Å². The van der Waals surface area contributed by atoms with Crippen molar-refractivity contribution >= 4 is 32.7 Å². The third-order valence-electron chi connectivity index (χ3n) is 3.39. The third kappa shape index (κ3) is 2.90. The molecule has 20 heavy (non-hydrogen) atoms. The van der Waals surface area contributed by atoms with E-state index in [9.17, 15) is 9.59 Å². The predicted octanol–water partition coefficient (Wildman–Crippen LogP) is 1.69. The molecule has 1 aromatic carbocycles. The van der Waals surface area contributed by atoms with Crippen LogP contribution in [0.4, 0.5) is 0 Å². The highest BCUT2D eigenvalue weighted by Gasteiger charge is 2.21. The first-order chi connectivity index (χ1) is 9.63. The summed E-state index contributed by atoms with van der Waals surface area (Å²) in [5.41, 5.74) is 0.433. The first-order valence-corrected chi connectivity index (χ1v) is 7.34. The Kier molecular flexibility index (Phi) is 3.56. The number of hydrogen-bond acceptors (Lipinski definition) is 3. The highest BCUT2D eigenvalue weighted by molar-refractivity contribution is 9.10. The Morgan fingerprint density at radius 3 is 3.00 bits per heavy atom. The molecule has 1 fully saturated rings. The number of carbonyl (C=O) groups excluding carboxylic acids is 1. The van der Waals surface area contributed by atoms with E-state index in [0.717, 1.165) is 4.47 Å². The Labute approximate surface area is 124 Å². The lowest BCUT2D eigenvalue weighted by molar-refractivity contribution is -0.121. The summed E-state index contributed by atoms with van der Waals surface area (Å²) in [6.07, 6.45) is 3.80. The zero-order valence-electron chi connectivity index (χ0n) is 10.8. The summed E-state index contributed by atoms with van der Waals surface area (Å²) in [5, 5.41) is 3.36. The largest absolute Gasteiger partial charge is 0.354 e. The van der Waals surface area contributed by atoms with Crippen molar-refractivity contribution in [3.8, 4) is 0 Å². The number of nitrogens with zero attached hydrogens (tertiary/aromatic N) is 2. The second-order valence-electron chi connectivity index (χ2n) is 5.09. The average molecular weight is 336 g/mol. The zero-order chi connectivity index (χ0) is 14.1. The molecule has 1 saturated carbocycles. The number of rotatable bonds is 4. The van der Waals surface area contributed by atoms with Crippen LogP contribution in [0, 0.1) is 5.92 Å². The minimum Gasteiger partial charge on any atom is -0.354 e. The van der Waals surface area contributed by atoms with Crippen LogP contribution < -0.4 is 10.9 Å². The van der Waals surface area contributed by atoms with Gasteiger partial charge in [0.15, 0.2) is 0 Å². The van der Waals surface area contributed by atoms with E-state index in [1.54, 1.807) is 18.2 Å². The second-order valence-corrected chi connectivity index (χ2v) is 6.00. The molecule has 0 radical (unpaired) electrons. The number of amides is 1. The van der Waals surface area contributed by atoms with Gasteiger partial charge in [-0.15, -0.1) is 0 Å². The molecule has 1 N–H and O–H groups in total. The maximum absolute atomic E-state index is 12.3. The van der Waals surface area contributed by atoms with Crippen LogP contribution in [0.15, 0.2) is 33.8 Å². The molecule has 1 heterocycles. The standard InChI is InChI=1S/C14H14BrN3O2/c15-10-3-4-11-12(5-10)17-8-18(14(11)20)7-13(19)16-6-9-1-2-9/h3-5,8-9H,1-2,6-7H2,(H,16,19). The lowest BCUT2D eigenvalue weighted by Gasteiger charge is -2.07. The molecule has 1 aliphatic carbocycles. The number of benzene rings is 1. The van der Waals surface area contributed by atoms with Crippen LogP contribution >= 0.6 is 15.9 Å². The summed E-state index contributed by atoms with van der Waals surface area (Å²) < 4.78 is 2.22.